The van der Waals surface area contributed by atoms with E-state index in [-0.39, 0.29) is 5.69 Å². The van der Waals surface area contributed by atoms with E-state index in [4.69, 9.17) is 9.47 Å². The van der Waals surface area contributed by atoms with Crippen molar-refractivity contribution in [1.29, 1.82) is 0 Å². The SMILES string of the molecule is COc1cc(/C=N\NC(=O)c2cc3cc([N+](=O)[O-])ccc3s2)cc(I)c1OCc1ccc(C)cc1. The smallest absolute Gasteiger partial charge is 0.281 e. The highest BCUT2D eigenvalue weighted by Crippen LogP contribution is 2.34. The number of carbonyl (C=O) groups is 1. The maximum Gasteiger partial charge on any atom is 0.281 e. The van der Waals surface area contributed by atoms with Crippen molar-refractivity contribution in [3.8, 4) is 11.5 Å². The number of rotatable bonds is 8. The molecule has 178 valence electrons. The first kappa shape index (κ1) is 24.6. The molecule has 1 amide bonds. The van der Waals surface area contributed by atoms with E-state index in [0.717, 1.165) is 19.4 Å². The highest BCUT2D eigenvalue weighted by molar-refractivity contribution is 14.1. The molecule has 0 radical (unpaired) electrons. The molecule has 3 aromatic carbocycles. The molecule has 0 unspecified atom stereocenters. The molecule has 0 atom stereocenters. The monoisotopic (exact) mass is 601 g/mol. The zero-order chi connectivity index (χ0) is 24.9. The van der Waals surface area contributed by atoms with E-state index < -0.39 is 10.8 Å². The lowest BCUT2D eigenvalue weighted by Gasteiger charge is -2.13. The number of methoxy groups -OCH3 is 1. The molecular formula is C25H20IN3O5S. The standard InChI is InChI=1S/C25H20IN3O5S/c1-15-3-5-16(6-4-15)14-34-24-20(26)9-17(10-21(24)33-2)13-27-28-25(30)23-12-18-11-19(29(31)32)7-8-22(18)35-23/h3-13H,14H2,1-2H3,(H,28,30)/b27-13-. The van der Waals surface area contributed by atoms with E-state index in [2.05, 4.69) is 33.1 Å². The lowest BCUT2D eigenvalue weighted by molar-refractivity contribution is -0.384. The number of nitrogens with zero attached hydrogens (tertiary/aromatic N) is 2. The van der Waals surface area contributed by atoms with Crippen LogP contribution in [-0.2, 0) is 6.61 Å². The molecule has 10 heteroatoms. The molecule has 0 aliphatic rings. The second-order valence-electron chi connectivity index (χ2n) is 7.60. The summed E-state index contributed by atoms with van der Waals surface area (Å²) >= 11 is 3.41. The van der Waals surface area contributed by atoms with Crippen LogP contribution in [0.25, 0.3) is 10.1 Å². The fourth-order valence-electron chi connectivity index (χ4n) is 3.27. The van der Waals surface area contributed by atoms with Crippen LogP contribution in [0.4, 0.5) is 5.69 Å². The van der Waals surface area contributed by atoms with Crippen molar-refractivity contribution >= 4 is 61.8 Å². The number of halogens is 1. The largest absolute Gasteiger partial charge is 0.493 e. The van der Waals surface area contributed by atoms with Crippen LogP contribution in [0, 0.1) is 20.6 Å². The average Bonchev–Trinajstić information content (AvgIpc) is 3.27. The van der Waals surface area contributed by atoms with Gasteiger partial charge < -0.3 is 9.47 Å². The fraction of sp³-hybridized carbons (Fsp3) is 0.120. The van der Waals surface area contributed by atoms with Crippen LogP contribution in [-0.4, -0.2) is 24.2 Å². The Morgan fingerprint density at radius 2 is 1.94 bits per heavy atom. The number of hydrazone groups is 1. The van der Waals surface area contributed by atoms with E-state index in [1.54, 1.807) is 25.3 Å². The average molecular weight is 601 g/mol. The van der Waals surface area contributed by atoms with Crippen molar-refractivity contribution in [3.63, 3.8) is 0 Å². The second-order valence-corrected chi connectivity index (χ2v) is 9.84. The van der Waals surface area contributed by atoms with Crippen molar-refractivity contribution < 1.29 is 19.2 Å². The number of nitro groups is 1. The van der Waals surface area contributed by atoms with Crippen molar-refractivity contribution in [3.05, 3.63) is 95.9 Å². The van der Waals surface area contributed by atoms with Crippen molar-refractivity contribution in [2.75, 3.05) is 7.11 Å². The number of ether oxygens (including phenoxy) is 2. The van der Waals surface area contributed by atoms with Crippen molar-refractivity contribution in [2.45, 2.75) is 13.5 Å². The number of amides is 1. The third-order valence-corrected chi connectivity index (χ3v) is 6.99. The molecule has 0 spiro atoms. The molecule has 35 heavy (non-hydrogen) atoms. The third-order valence-electron chi connectivity index (χ3n) is 5.07. The van der Waals surface area contributed by atoms with Gasteiger partial charge in [0.25, 0.3) is 11.6 Å². The van der Waals surface area contributed by atoms with Gasteiger partial charge in [-0.2, -0.15) is 5.10 Å². The third kappa shape index (κ3) is 5.95. The maximum atomic E-state index is 12.5. The van der Waals surface area contributed by atoms with E-state index >= 15 is 0 Å². The number of carbonyl (C=O) groups excluding carboxylic acids is 1. The number of nitro benzene ring substituents is 1. The summed E-state index contributed by atoms with van der Waals surface area (Å²) in [5.74, 6) is 0.793. The molecule has 4 aromatic rings. The predicted octanol–water partition coefficient (Wildman–Crippen LogP) is 6.07. The van der Waals surface area contributed by atoms with Crippen LogP contribution in [0.5, 0.6) is 11.5 Å². The minimum Gasteiger partial charge on any atom is -0.493 e. The van der Waals surface area contributed by atoms with Gasteiger partial charge in [0.05, 0.1) is 26.7 Å². The molecule has 0 saturated carbocycles. The second kappa shape index (κ2) is 10.8. The Kier molecular flexibility index (Phi) is 7.61. The van der Waals surface area contributed by atoms with Gasteiger partial charge in [-0.3, -0.25) is 14.9 Å². The number of aryl methyl sites for hydroxylation is 1. The van der Waals surface area contributed by atoms with Gasteiger partial charge in [0.2, 0.25) is 0 Å². The van der Waals surface area contributed by atoms with Crippen molar-refractivity contribution in [2.24, 2.45) is 5.10 Å². The number of hydrogen-bond acceptors (Lipinski definition) is 7. The van der Waals surface area contributed by atoms with Gasteiger partial charge in [-0.25, -0.2) is 5.43 Å². The summed E-state index contributed by atoms with van der Waals surface area (Å²) in [6.45, 7) is 2.45. The van der Waals surface area contributed by atoms with E-state index in [9.17, 15) is 14.9 Å². The van der Waals surface area contributed by atoms with Crippen LogP contribution in [0.3, 0.4) is 0 Å². The summed E-state index contributed by atoms with van der Waals surface area (Å²) in [5, 5.41) is 15.7. The number of fused-ring (bicyclic) bond motifs is 1. The van der Waals surface area contributed by atoms with E-state index in [0.29, 0.717) is 28.4 Å². The molecule has 0 saturated heterocycles. The Balaban J connectivity index is 1.44. The quantitative estimate of drug-likeness (QED) is 0.114. The van der Waals surface area contributed by atoms with Crippen molar-refractivity contribution in [1.82, 2.24) is 5.43 Å². The Morgan fingerprint density at radius 3 is 2.66 bits per heavy atom. The molecule has 8 nitrogen and oxygen atoms in total. The van der Waals surface area contributed by atoms with Crippen LogP contribution in [0.2, 0.25) is 0 Å². The molecule has 0 bridgehead atoms. The molecule has 1 aromatic heterocycles. The summed E-state index contributed by atoms with van der Waals surface area (Å²) < 4.78 is 13.1. The number of nitrogens with one attached hydrogen (secondary N) is 1. The first-order chi connectivity index (χ1) is 16.8. The van der Waals surface area contributed by atoms with Gasteiger partial charge in [-0.15, -0.1) is 11.3 Å². The normalized spacial score (nSPS) is 11.1. The number of hydrogen-bond donors (Lipinski definition) is 1. The van der Waals surface area contributed by atoms with Gasteiger partial charge in [0, 0.05) is 22.2 Å². The predicted molar refractivity (Wildman–Crippen MR) is 145 cm³/mol. The Morgan fingerprint density at radius 1 is 1.17 bits per heavy atom. The Bertz CT molecular complexity index is 1430. The summed E-state index contributed by atoms with van der Waals surface area (Å²) in [4.78, 5) is 23.4. The van der Waals surface area contributed by atoms with E-state index in [1.165, 1.54) is 35.2 Å². The molecule has 1 heterocycles. The van der Waals surface area contributed by atoms with Gasteiger partial charge in [0.1, 0.15) is 6.61 Å². The van der Waals surface area contributed by atoms with Crippen LogP contribution < -0.4 is 14.9 Å². The van der Waals surface area contributed by atoms with Gasteiger partial charge in [-0.05, 0) is 64.9 Å². The summed E-state index contributed by atoms with van der Waals surface area (Å²) in [5.41, 5.74) is 5.45. The molecule has 0 fully saturated rings. The summed E-state index contributed by atoms with van der Waals surface area (Å²) in [7, 11) is 1.57. The minimum absolute atomic E-state index is 0.0184. The number of thiophene rings is 1. The van der Waals surface area contributed by atoms with Gasteiger partial charge >= 0.3 is 0 Å². The zero-order valence-electron chi connectivity index (χ0n) is 18.8. The van der Waals surface area contributed by atoms with Crippen LogP contribution >= 0.6 is 33.9 Å². The van der Waals surface area contributed by atoms with Crippen LogP contribution in [0.15, 0.2) is 65.8 Å². The summed E-state index contributed by atoms with van der Waals surface area (Å²) in [6, 6.07) is 17.9. The first-order valence-electron chi connectivity index (χ1n) is 10.4. The van der Waals surface area contributed by atoms with E-state index in [1.807, 2.05) is 37.3 Å². The van der Waals surface area contributed by atoms with Gasteiger partial charge in [-0.1, -0.05) is 29.8 Å². The fourth-order valence-corrected chi connectivity index (χ4v) is 4.98. The molecule has 4 rings (SSSR count). The minimum atomic E-state index is -0.463. The highest BCUT2D eigenvalue weighted by Gasteiger charge is 2.14. The summed E-state index contributed by atoms with van der Waals surface area (Å²) in [6.07, 6.45) is 1.52. The lowest BCUT2D eigenvalue weighted by Crippen LogP contribution is -2.16. The Hall–Kier alpha value is -3.51. The number of benzene rings is 3. The highest BCUT2D eigenvalue weighted by atomic mass is 127. The number of non-ortho nitro benzene ring substituents is 1. The molecule has 0 aliphatic heterocycles. The first-order valence-corrected chi connectivity index (χ1v) is 12.3. The Labute approximate surface area is 218 Å². The lowest BCUT2D eigenvalue weighted by atomic mass is 10.2. The zero-order valence-corrected chi connectivity index (χ0v) is 21.8. The molecular weight excluding hydrogens is 581 g/mol. The van der Waals surface area contributed by atoms with Gasteiger partial charge in [0.15, 0.2) is 11.5 Å². The van der Waals surface area contributed by atoms with Crippen LogP contribution in [0.1, 0.15) is 26.4 Å². The maximum absolute atomic E-state index is 12.5. The molecule has 1 N–H and O–H groups in total. The molecule has 0 aliphatic carbocycles. The topological polar surface area (TPSA) is 103 Å².